The molecule has 6 nitrogen and oxygen atoms in total. The van der Waals surface area contributed by atoms with E-state index >= 15 is 0 Å². The van der Waals surface area contributed by atoms with Gasteiger partial charge in [-0.15, -0.1) is 0 Å². The molecule has 3 N–H and O–H groups in total. The topological polar surface area (TPSA) is 90.3 Å². The van der Waals surface area contributed by atoms with Gasteiger partial charge in [-0.25, -0.2) is 13.1 Å². The molecule has 0 spiro atoms. The zero-order valence-corrected chi connectivity index (χ0v) is 10.8. The zero-order chi connectivity index (χ0) is 13.2. The molecule has 0 fully saturated rings. The molecule has 7 heteroatoms. The molecule has 2 aromatic rings. The number of nitrogens with two attached hydrogens (primary N) is 1. The van der Waals surface area contributed by atoms with Crippen LogP contribution in [0.4, 0.5) is 0 Å². The maximum absolute atomic E-state index is 12.0. The van der Waals surface area contributed by atoms with Crippen molar-refractivity contribution in [2.75, 3.05) is 0 Å². The average Bonchev–Trinajstić information content (AvgIpc) is 2.95. The van der Waals surface area contributed by atoms with Crippen LogP contribution in [0.3, 0.4) is 0 Å². The minimum absolute atomic E-state index is 0.127. The molecular weight excluding hydrogens is 254 g/mol. The number of sulfonamides is 1. The van der Waals surface area contributed by atoms with Crippen molar-refractivity contribution in [1.82, 2.24) is 9.29 Å². The van der Waals surface area contributed by atoms with Crippen LogP contribution >= 0.6 is 0 Å². The van der Waals surface area contributed by atoms with Gasteiger partial charge in [0.1, 0.15) is 5.76 Å². The van der Waals surface area contributed by atoms with Gasteiger partial charge in [-0.05, 0) is 18.2 Å². The van der Waals surface area contributed by atoms with Crippen molar-refractivity contribution in [2.45, 2.75) is 18.0 Å². The Bertz CT molecular complexity index is 614. The van der Waals surface area contributed by atoms with E-state index in [1.165, 1.54) is 12.5 Å². The lowest BCUT2D eigenvalue weighted by atomic mass is 10.4. The van der Waals surface area contributed by atoms with Crippen LogP contribution in [-0.2, 0) is 30.2 Å². The minimum atomic E-state index is -3.53. The fraction of sp³-hybridized carbons (Fsp3) is 0.273. The summed E-state index contributed by atoms with van der Waals surface area (Å²) in [6.07, 6.45) is 3.03. The number of aromatic nitrogens is 1. The summed E-state index contributed by atoms with van der Waals surface area (Å²) in [6, 6.07) is 4.97. The smallest absolute Gasteiger partial charge is 0.242 e. The highest BCUT2D eigenvalue weighted by molar-refractivity contribution is 7.89. The zero-order valence-electron chi connectivity index (χ0n) is 9.96. The van der Waals surface area contributed by atoms with Gasteiger partial charge in [-0.2, -0.15) is 0 Å². The van der Waals surface area contributed by atoms with Crippen molar-refractivity contribution in [3.05, 3.63) is 42.1 Å². The maximum Gasteiger partial charge on any atom is 0.242 e. The number of hydrogen-bond acceptors (Lipinski definition) is 4. The third-order valence-electron chi connectivity index (χ3n) is 2.62. The second-order valence-electron chi connectivity index (χ2n) is 3.89. The van der Waals surface area contributed by atoms with Crippen molar-refractivity contribution < 1.29 is 12.8 Å². The van der Waals surface area contributed by atoms with Gasteiger partial charge in [0.05, 0.1) is 17.7 Å². The Morgan fingerprint density at radius 2 is 2.28 bits per heavy atom. The molecule has 2 aromatic heterocycles. The molecule has 18 heavy (non-hydrogen) atoms. The molecule has 0 bridgehead atoms. The van der Waals surface area contributed by atoms with Gasteiger partial charge in [0.25, 0.3) is 0 Å². The van der Waals surface area contributed by atoms with Crippen LogP contribution in [0.2, 0.25) is 0 Å². The number of furan rings is 1. The first-order chi connectivity index (χ1) is 8.53. The molecule has 0 saturated carbocycles. The molecular formula is C11H15N3O3S. The van der Waals surface area contributed by atoms with Gasteiger partial charge < -0.3 is 14.7 Å². The van der Waals surface area contributed by atoms with Crippen LogP contribution in [0, 0.1) is 0 Å². The van der Waals surface area contributed by atoms with Gasteiger partial charge in [0, 0.05) is 25.5 Å². The van der Waals surface area contributed by atoms with Gasteiger partial charge in [0.15, 0.2) is 0 Å². The van der Waals surface area contributed by atoms with E-state index in [1.807, 2.05) is 0 Å². The van der Waals surface area contributed by atoms with Gasteiger partial charge >= 0.3 is 0 Å². The SMILES string of the molecule is Cn1cc(S(=O)(=O)NCc2ccco2)cc1CN. The highest BCUT2D eigenvalue weighted by atomic mass is 32.2. The van der Waals surface area contributed by atoms with Crippen LogP contribution in [0.15, 0.2) is 40.0 Å². The fourth-order valence-electron chi connectivity index (χ4n) is 1.59. The van der Waals surface area contributed by atoms with Crippen LogP contribution < -0.4 is 10.5 Å². The van der Waals surface area contributed by atoms with E-state index in [0.29, 0.717) is 12.3 Å². The number of aryl methyl sites for hydroxylation is 1. The van der Waals surface area contributed by atoms with Crippen molar-refractivity contribution in [1.29, 1.82) is 0 Å². The van der Waals surface area contributed by atoms with Crippen LogP contribution in [0.25, 0.3) is 0 Å². The fourth-order valence-corrected chi connectivity index (χ4v) is 2.68. The highest BCUT2D eigenvalue weighted by Gasteiger charge is 2.17. The first-order valence-electron chi connectivity index (χ1n) is 5.40. The average molecular weight is 269 g/mol. The van der Waals surface area contributed by atoms with E-state index in [2.05, 4.69) is 4.72 Å². The molecule has 0 saturated heterocycles. The summed E-state index contributed by atoms with van der Waals surface area (Å²) < 4.78 is 33.2. The van der Waals surface area contributed by atoms with E-state index in [-0.39, 0.29) is 11.4 Å². The molecule has 0 aliphatic heterocycles. The van der Waals surface area contributed by atoms with E-state index < -0.39 is 10.0 Å². The summed E-state index contributed by atoms with van der Waals surface area (Å²) in [4.78, 5) is 0.206. The second kappa shape index (κ2) is 4.97. The number of nitrogens with one attached hydrogen (secondary N) is 1. The Balaban J connectivity index is 2.14. The van der Waals surface area contributed by atoms with Crippen LogP contribution in [0.5, 0.6) is 0 Å². The molecule has 98 valence electrons. The van der Waals surface area contributed by atoms with E-state index in [0.717, 1.165) is 5.69 Å². The summed E-state index contributed by atoms with van der Waals surface area (Å²) in [7, 11) is -1.78. The quantitative estimate of drug-likeness (QED) is 0.829. The number of nitrogens with zero attached hydrogens (tertiary/aromatic N) is 1. The molecule has 0 aliphatic rings. The van der Waals surface area contributed by atoms with Crippen molar-refractivity contribution in [3.8, 4) is 0 Å². The summed E-state index contributed by atoms with van der Waals surface area (Å²) in [5.74, 6) is 0.563. The monoisotopic (exact) mass is 269 g/mol. The summed E-state index contributed by atoms with van der Waals surface area (Å²) in [5.41, 5.74) is 6.27. The molecule has 0 aromatic carbocycles. The molecule has 0 amide bonds. The number of hydrogen-bond donors (Lipinski definition) is 2. The van der Waals surface area contributed by atoms with Gasteiger partial charge in [-0.3, -0.25) is 0 Å². The predicted octanol–water partition coefficient (Wildman–Crippen LogP) is 0.555. The summed E-state index contributed by atoms with van der Waals surface area (Å²) in [6.45, 7) is 0.423. The van der Waals surface area contributed by atoms with E-state index in [1.54, 1.807) is 29.8 Å². The van der Waals surface area contributed by atoms with Gasteiger partial charge in [0.2, 0.25) is 10.0 Å². The van der Waals surface area contributed by atoms with Crippen LogP contribution in [0.1, 0.15) is 11.5 Å². The Morgan fingerprint density at radius 1 is 1.50 bits per heavy atom. The number of rotatable bonds is 5. The molecule has 0 aliphatic carbocycles. The lowest BCUT2D eigenvalue weighted by Gasteiger charge is -2.02. The molecule has 0 unspecified atom stereocenters. The van der Waals surface area contributed by atoms with Crippen molar-refractivity contribution >= 4 is 10.0 Å². The standard InChI is InChI=1S/C11H15N3O3S/c1-14-8-11(5-9(14)6-12)18(15,16)13-7-10-3-2-4-17-10/h2-5,8,13H,6-7,12H2,1H3. The van der Waals surface area contributed by atoms with E-state index in [9.17, 15) is 8.42 Å². The van der Waals surface area contributed by atoms with E-state index in [4.69, 9.17) is 10.2 Å². The lowest BCUT2D eigenvalue weighted by molar-refractivity contribution is 0.498. The van der Waals surface area contributed by atoms with Gasteiger partial charge in [-0.1, -0.05) is 0 Å². The maximum atomic E-state index is 12.0. The molecule has 0 atom stereocenters. The first kappa shape index (κ1) is 12.9. The molecule has 2 rings (SSSR count). The summed E-state index contributed by atoms with van der Waals surface area (Å²) in [5, 5.41) is 0. The lowest BCUT2D eigenvalue weighted by Crippen LogP contribution is -2.22. The molecule has 2 heterocycles. The van der Waals surface area contributed by atoms with Crippen LogP contribution in [-0.4, -0.2) is 13.0 Å². The minimum Gasteiger partial charge on any atom is -0.468 e. The normalized spacial score (nSPS) is 11.9. The van der Waals surface area contributed by atoms with Crippen molar-refractivity contribution in [3.63, 3.8) is 0 Å². The predicted molar refractivity (Wildman–Crippen MR) is 66.0 cm³/mol. The molecule has 0 radical (unpaired) electrons. The Hall–Kier alpha value is -1.57. The highest BCUT2D eigenvalue weighted by Crippen LogP contribution is 2.13. The van der Waals surface area contributed by atoms with Crippen molar-refractivity contribution in [2.24, 2.45) is 12.8 Å². The Morgan fingerprint density at radius 3 is 2.83 bits per heavy atom. The Kier molecular flexibility index (Phi) is 3.55. The summed E-state index contributed by atoms with van der Waals surface area (Å²) >= 11 is 0. The first-order valence-corrected chi connectivity index (χ1v) is 6.88. The third kappa shape index (κ3) is 2.63. The third-order valence-corrected chi connectivity index (χ3v) is 3.99. The largest absolute Gasteiger partial charge is 0.468 e. The second-order valence-corrected chi connectivity index (χ2v) is 5.65. The Labute approximate surface area is 105 Å².